The van der Waals surface area contributed by atoms with Crippen LogP contribution in [0.2, 0.25) is 0 Å². The van der Waals surface area contributed by atoms with Crippen LogP contribution in [0.5, 0.6) is 0 Å². The molecule has 4 heteroatoms. The van der Waals surface area contributed by atoms with Crippen molar-refractivity contribution in [3.05, 3.63) is 18.3 Å². The Labute approximate surface area is 101 Å². The Morgan fingerprint density at radius 1 is 1.31 bits per heavy atom. The molecule has 1 aliphatic heterocycles. The molecule has 0 aromatic carbocycles. The summed E-state index contributed by atoms with van der Waals surface area (Å²) in [4.78, 5) is 7.86. The third-order valence-corrected chi connectivity index (χ3v) is 3.91. The van der Waals surface area contributed by atoms with Crippen LogP contribution in [-0.2, 0) is 0 Å². The summed E-state index contributed by atoms with van der Waals surface area (Å²) >= 11 is 1.87. The summed E-state index contributed by atoms with van der Waals surface area (Å²) in [5.74, 6) is 1.77. The average Bonchev–Trinajstić information content (AvgIpc) is 2.80. The lowest BCUT2D eigenvalue weighted by atomic mass is 10.4. The Kier molecular flexibility index (Phi) is 4.48. The summed E-state index contributed by atoms with van der Waals surface area (Å²) in [5.41, 5.74) is 5.54. The van der Waals surface area contributed by atoms with Gasteiger partial charge in [0.1, 0.15) is 5.82 Å². The van der Waals surface area contributed by atoms with Crippen LogP contribution in [0.3, 0.4) is 0 Å². The highest BCUT2D eigenvalue weighted by Crippen LogP contribution is 2.18. The second-order valence-corrected chi connectivity index (χ2v) is 5.34. The van der Waals surface area contributed by atoms with Crippen LogP contribution in [0, 0.1) is 0 Å². The third kappa shape index (κ3) is 3.68. The molecule has 2 heterocycles. The van der Waals surface area contributed by atoms with Gasteiger partial charge in [-0.25, -0.2) is 4.98 Å². The van der Waals surface area contributed by atoms with Gasteiger partial charge in [0.25, 0.3) is 0 Å². The van der Waals surface area contributed by atoms with Crippen LogP contribution in [0.4, 0.5) is 5.82 Å². The van der Waals surface area contributed by atoms with Crippen LogP contribution in [0.1, 0.15) is 19.3 Å². The van der Waals surface area contributed by atoms with E-state index in [0.717, 1.165) is 0 Å². The van der Waals surface area contributed by atoms with Crippen LogP contribution in [0.25, 0.3) is 0 Å². The quantitative estimate of drug-likeness (QED) is 0.630. The normalized spacial score (nSPS) is 16.8. The standard InChI is InChI=1S/C12H19N3S/c13-12-5-4-11(10-14-12)16-9-3-8-15-6-1-2-7-15/h4-5,10H,1-3,6-9H2,(H2,13,14). The van der Waals surface area contributed by atoms with Crippen molar-refractivity contribution >= 4 is 17.6 Å². The molecule has 0 spiro atoms. The highest BCUT2D eigenvalue weighted by atomic mass is 32.2. The molecule has 1 aromatic heterocycles. The molecule has 0 bridgehead atoms. The molecule has 0 aliphatic carbocycles. The van der Waals surface area contributed by atoms with E-state index in [9.17, 15) is 0 Å². The molecule has 0 unspecified atom stereocenters. The molecule has 1 aliphatic rings. The molecule has 1 fully saturated rings. The molecule has 2 rings (SSSR count). The molecule has 0 atom stereocenters. The zero-order valence-corrected chi connectivity index (χ0v) is 10.4. The minimum absolute atomic E-state index is 0.599. The molecular weight excluding hydrogens is 218 g/mol. The summed E-state index contributed by atoms with van der Waals surface area (Å²) in [6.45, 7) is 3.84. The van der Waals surface area contributed by atoms with E-state index in [-0.39, 0.29) is 0 Å². The lowest BCUT2D eigenvalue weighted by Gasteiger charge is -2.13. The number of anilines is 1. The van der Waals surface area contributed by atoms with Gasteiger partial charge in [0.15, 0.2) is 0 Å². The van der Waals surface area contributed by atoms with Crippen molar-refractivity contribution in [2.75, 3.05) is 31.1 Å². The number of hydrogen-bond acceptors (Lipinski definition) is 4. The van der Waals surface area contributed by atoms with Crippen molar-refractivity contribution in [1.82, 2.24) is 9.88 Å². The number of nitrogens with two attached hydrogens (primary N) is 1. The molecule has 0 amide bonds. The molecule has 1 saturated heterocycles. The van der Waals surface area contributed by atoms with E-state index in [1.807, 2.05) is 30.1 Å². The first-order valence-corrected chi connectivity index (χ1v) is 6.90. The van der Waals surface area contributed by atoms with Crippen molar-refractivity contribution < 1.29 is 0 Å². The highest BCUT2D eigenvalue weighted by Gasteiger charge is 2.10. The van der Waals surface area contributed by atoms with E-state index in [1.54, 1.807) is 0 Å². The predicted molar refractivity (Wildman–Crippen MR) is 69.7 cm³/mol. The number of thioether (sulfide) groups is 1. The number of nitrogen functional groups attached to an aromatic ring is 1. The summed E-state index contributed by atoms with van der Waals surface area (Å²) < 4.78 is 0. The summed E-state index contributed by atoms with van der Waals surface area (Å²) in [6.07, 6.45) is 5.88. The number of rotatable bonds is 5. The SMILES string of the molecule is Nc1ccc(SCCCN2CCCC2)cn1. The number of nitrogens with zero attached hydrogens (tertiary/aromatic N) is 2. The Morgan fingerprint density at radius 2 is 2.12 bits per heavy atom. The van der Waals surface area contributed by atoms with Gasteiger partial charge in [0.05, 0.1) is 0 Å². The van der Waals surface area contributed by atoms with Crippen molar-refractivity contribution in [2.24, 2.45) is 0 Å². The largest absolute Gasteiger partial charge is 0.384 e. The van der Waals surface area contributed by atoms with Crippen LogP contribution in [-0.4, -0.2) is 35.3 Å². The zero-order chi connectivity index (χ0) is 11.2. The smallest absolute Gasteiger partial charge is 0.123 e. The summed E-state index contributed by atoms with van der Waals surface area (Å²) in [7, 11) is 0. The van der Waals surface area contributed by atoms with Crippen molar-refractivity contribution in [3.8, 4) is 0 Å². The molecular formula is C12H19N3S. The molecule has 88 valence electrons. The number of pyridine rings is 1. The molecule has 1 aromatic rings. The minimum atomic E-state index is 0.599. The first-order valence-electron chi connectivity index (χ1n) is 5.91. The molecule has 0 radical (unpaired) electrons. The highest BCUT2D eigenvalue weighted by molar-refractivity contribution is 7.99. The van der Waals surface area contributed by atoms with E-state index in [2.05, 4.69) is 9.88 Å². The van der Waals surface area contributed by atoms with E-state index >= 15 is 0 Å². The van der Waals surface area contributed by atoms with Crippen molar-refractivity contribution in [1.29, 1.82) is 0 Å². The van der Waals surface area contributed by atoms with E-state index < -0.39 is 0 Å². The van der Waals surface area contributed by atoms with E-state index in [1.165, 1.54) is 49.5 Å². The van der Waals surface area contributed by atoms with Gasteiger partial charge in [-0.05, 0) is 56.8 Å². The van der Waals surface area contributed by atoms with Crippen LogP contribution in [0.15, 0.2) is 23.2 Å². The van der Waals surface area contributed by atoms with Gasteiger partial charge in [0, 0.05) is 11.1 Å². The first kappa shape index (κ1) is 11.7. The molecule has 2 N–H and O–H groups in total. The topological polar surface area (TPSA) is 42.1 Å². The van der Waals surface area contributed by atoms with Gasteiger partial charge < -0.3 is 10.6 Å². The summed E-state index contributed by atoms with van der Waals surface area (Å²) in [6, 6.07) is 3.91. The van der Waals surface area contributed by atoms with Gasteiger partial charge in [0.2, 0.25) is 0 Å². The van der Waals surface area contributed by atoms with Crippen molar-refractivity contribution in [3.63, 3.8) is 0 Å². The van der Waals surface area contributed by atoms with Gasteiger partial charge in [-0.15, -0.1) is 11.8 Å². The maximum absolute atomic E-state index is 5.54. The van der Waals surface area contributed by atoms with E-state index in [0.29, 0.717) is 5.82 Å². The van der Waals surface area contributed by atoms with Gasteiger partial charge in [-0.1, -0.05) is 0 Å². The lowest BCUT2D eigenvalue weighted by Crippen LogP contribution is -2.20. The van der Waals surface area contributed by atoms with Gasteiger partial charge in [-0.3, -0.25) is 0 Å². The van der Waals surface area contributed by atoms with Crippen LogP contribution < -0.4 is 5.73 Å². The molecule has 16 heavy (non-hydrogen) atoms. The second-order valence-electron chi connectivity index (χ2n) is 4.17. The molecule has 3 nitrogen and oxygen atoms in total. The van der Waals surface area contributed by atoms with Gasteiger partial charge >= 0.3 is 0 Å². The monoisotopic (exact) mass is 237 g/mol. The predicted octanol–water partition coefficient (Wildman–Crippen LogP) is 2.24. The number of likely N-dealkylation sites (tertiary alicyclic amines) is 1. The fourth-order valence-electron chi connectivity index (χ4n) is 1.96. The van der Waals surface area contributed by atoms with Crippen molar-refractivity contribution in [2.45, 2.75) is 24.2 Å². The first-order chi connectivity index (χ1) is 7.84. The average molecular weight is 237 g/mol. The third-order valence-electron chi connectivity index (χ3n) is 2.85. The second kappa shape index (κ2) is 6.11. The Bertz CT molecular complexity index is 307. The fourth-order valence-corrected chi connectivity index (χ4v) is 2.76. The molecule has 0 saturated carbocycles. The lowest BCUT2D eigenvalue weighted by molar-refractivity contribution is 0.341. The zero-order valence-electron chi connectivity index (χ0n) is 9.56. The van der Waals surface area contributed by atoms with E-state index in [4.69, 9.17) is 5.73 Å². The minimum Gasteiger partial charge on any atom is -0.384 e. The van der Waals surface area contributed by atoms with Crippen LogP contribution >= 0.6 is 11.8 Å². The number of aromatic nitrogens is 1. The maximum Gasteiger partial charge on any atom is 0.123 e. The fraction of sp³-hybridized carbons (Fsp3) is 0.583. The number of hydrogen-bond donors (Lipinski definition) is 1. The summed E-state index contributed by atoms with van der Waals surface area (Å²) in [5, 5.41) is 0. The Morgan fingerprint density at radius 3 is 2.81 bits per heavy atom. The Balaban J connectivity index is 1.62. The Hall–Kier alpha value is -0.740. The maximum atomic E-state index is 5.54. The van der Waals surface area contributed by atoms with Gasteiger partial charge in [-0.2, -0.15) is 0 Å².